The van der Waals surface area contributed by atoms with Crippen molar-refractivity contribution in [3.8, 4) is 11.8 Å². The van der Waals surface area contributed by atoms with E-state index in [0.29, 0.717) is 12.5 Å². The number of benzene rings is 1. The summed E-state index contributed by atoms with van der Waals surface area (Å²) in [6.45, 7) is 4.74. The molecule has 1 saturated carbocycles. The molecule has 1 aromatic carbocycles. The Kier molecular flexibility index (Phi) is 2.64. The van der Waals surface area contributed by atoms with E-state index in [2.05, 4.69) is 25.1 Å². The van der Waals surface area contributed by atoms with E-state index in [9.17, 15) is 0 Å². The molecule has 2 rings (SSSR count). The van der Waals surface area contributed by atoms with Crippen LogP contribution in [0.3, 0.4) is 0 Å². The van der Waals surface area contributed by atoms with E-state index in [1.165, 1.54) is 5.56 Å². The summed E-state index contributed by atoms with van der Waals surface area (Å²) in [7, 11) is 0. The fourth-order valence-electron chi connectivity index (χ4n) is 1.93. The largest absolute Gasteiger partial charge is 0.494 e. The van der Waals surface area contributed by atoms with Crippen LogP contribution < -0.4 is 4.74 Å². The van der Waals surface area contributed by atoms with Crippen molar-refractivity contribution in [2.75, 3.05) is 6.61 Å². The fraction of sp³-hybridized carbons (Fsp3) is 0.462. The highest BCUT2D eigenvalue weighted by atomic mass is 16.5. The first kappa shape index (κ1) is 10.0. The maximum Gasteiger partial charge on any atom is 0.122 e. The molecule has 1 aliphatic rings. The van der Waals surface area contributed by atoms with Gasteiger partial charge >= 0.3 is 0 Å². The zero-order valence-corrected chi connectivity index (χ0v) is 9.16. The molecule has 0 bridgehead atoms. The highest BCUT2D eigenvalue weighted by Gasteiger charge is 2.38. The molecular formula is C13H15NO. The molecule has 0 radical (unpaired) electrons. The third-order valence-corrected chi connectivity index (χ3v) is 2.88. The van der Waals surface area contributed by atoms with Crippen molar-refractivity contribution < 1.29 is 4.74 Å². The van der Waals surface area contributed by atoms with E-state index >= 15 is 0 Å². The van der Waals surface area contributed by atoms with Crippen molar-refractivity contribution in [1.29, 1.82) is 5.26 Å². The predicted molar refractivity (Wildman–Crippen MR) is 58.8 cm³/mol. The average Bonchev–Trinajstić information content (AvgIpc) is 3.00. The summed E-state index contributed by atoms with van der Waals surface area (Å²) in [6, 6.07) is 8.56. The summed E-state index contributed by atoms with van der Waals surface area (Å²) in [5, 5.41) is 8.77. The molecule has 1 aromatic rings. The van der Waals surface area contributed by atoms with Gasteiger partial charge in [-0.2, -0.15) is 5.26 Å². The molecule has 0 heterocycles. The van der Waals surface area contributed by atoms with E-state index in [1.807, 2.05) is 13.0 Å². The van der Waals surface area contributed by atoms with Crippen LogP contribution in [0.5, 0.6) is 5.75 Å². The minimum Gasteiger partial charge on any atom is -0.494 e. The Hall–Kier alpha value is -1.49. The minimum atomic E-state index is 0.238. The van der Waals surface area contributed by atoms with Gasteiger partial charge in [0.15, 0.2) is 0 Å². The molecular weight excluding hydrogens is 186 g/mol. The monoisotopic (exact) mass is 201 g/mol. The van der Waals surface area contributed by atoms with Crippen molar-refractivity contribution in [3.63, 3.8) is 0 Å². The van der Waals surface area contributed by atoms with Crippen LogP contribution >= 0.6 is 0 Å². The number of hydrogen-bond donors (Lipinski definition) is 0. The molecule has 0 spiro atoms. The van der Waals surface area contributed by atoms with Crippen LogP contribution in [0.15, 0.2) is 18.2 Å². The van der Waals surface area contributed by atoms with Crippen LogP contribution in [0.25, 0.3) is 0 Å². The lowest BCUT2D eigenvalue weighted by molar-refractivity contribution is 0.338. The summed E-state index contributed by atoms with van der Waals surface area (Å²) >= 11 is 0. The molecule has 15 heavy (non-hydrogen) atoms. The van der Waals surface area contributed by atoms with Crippen molar-refractivity contribution in [1.82, 2.24) is 0 Å². The second-order valence-electron chi connectivity index (χ2n) is 4.04. The number of nitrogens with zero attached hydrogens (tertiary/aromatic N) is 1. The Labute approximate surface area is 90.5 Å². The van der Waals surface area contributed by atoms with E-state index in [-0.39, 0.29) is 5.92 Å². The van der Waals surface area contributed by atoms with E-state index in [0.717, 1.165) is 17.7 Å². The normalized spacial score (nSPS) is 23.3. The van der Waals surface area contributed by atoms with Crippen LogP contribution in [0.1, 0.15) is 30.4 Å². The van der Waals surface area contributed by atoms with Gasteiger partial charge in [0.1, 0.15) is 5.75 Å². The highest BCUT2D eigenvalue weighted by molar-refractivity contribution is 5.40. The van der Waals surface area contributed by atoms with Crippen LogP contribution in [0.2, 0.25) is 0 Å². The summed E-state index contributed by atoms with van der Waals surface area (Å²) in [6.07, 6.45) is 1.02. The average molecular weight is 201 g/mol. The van der Waals surface area contributed by atoms with Crippen molar-refractivity contribution in [2.45, 2.75) is 26.2 Å². The van der Waals surface area contributed by atoms with E-state index in [4.69, 9.17) is 10.00 Å². The van der Waals surface area contributed by atoms with Gasteiger partial charge in [-0.1, -0.05) is 12.1 Å². The molecule has 0 N–H and O–H groups in total. The zero-order chi connectivity index (χ0) is 10.8. The van der Waals surface area contributed by atoms with E-state index in [1.54, 1.807) is 0 Å². The Bertz CT molecular complexity index is 405. The first-order chi connectivity index (χ1) is 7.26. The van der Waals surface area contributed by atoms with Crippen LogP contribution in [-0.2, 0) is 0 Å². The molecule has 2 nitrogen and oxygen atoms in total. The van der Waals surface area contributed by atoms with Gasteiger partial charge in [0.2, 0.25) is 0 Å². The molecule has 0 amide bonds. The van der Waals surface area contributed by atoms with Crippen LogP contribution in [0.4, 0.5) is 0 Å². The highest BCUT2D eigenvalue weighted by Crippen LogP contribution is 2.47. The second-order valence-corrected chi connectivity index (χ2v) is 4.04. The number of hydrogen-bond acceptors (Lipinski definition) is 2. The van der Waals surface area contributed by atoms with Gasteiger partial charge in [-0.25, -0.2) is 0 Å². The summed E-state index contributed by atoms with van der Waals surface area (Å²) in [5.41, 5.74) is 2.44. The molecule has 0 aromatic heterocycles. The number of ether oxygens (including phenoxy) is 1. The third kappa shape index (κ3) is 1.97. The maximum absolute atomic E-state index is 8.77. The number of aryl methyl sites for hydroxylation is 1. The van der Waals surface area contributed by atoms with E-state index < -0.39 is 0 Å². The quantitative estimate of drug-likeness (QED) is 0.753. The molecule has 78 valence electrons. The standard InChI is InChI=1S/C13H15NO/c1-3-15-13-5-4-10(6-9(13)2)12-7-11(12)8-14/h4-6,11-12H,3,7H2,1-2H3. The number of rotatable bonds is 3. The summed E-state index contributed by atoms with van der Waals surface area (Å²) in [4.78, 5) is 0. The lowest BCUT2D eigenvalue weighted by Gasteiger charge is -2.08. The molecule has 2 atom stereocenters. The first-order valence-electron chi connectivity index (χ1n) is 5.39. The number of nitriles is 1. The Morgan fingerprint density at radius 2 is 2.33 bits per heavy atom. The van der Waals surface area contributed by atoms with Gasteiger partial charge in [0.05, 0.1) is 18.6 Å². The van der Waals surface area contributed by atoms with Crippen molar-refractivity contribution in [3.05, 3.63) is 29.3 Å². The lowest BCUT2D eigenvalue weighted by atomic mass is 10.1. The lowest BCUT2D eigenvalue weighted by Crippen LogP contribution is -1.94. The smallest absolute Gasteiger partial charge is 0.122 e. The minimum absolute atomic E-state index is 0.238. The van der Waals surface area contributed by atoms with Gasteiger partial charge in [-0.15, -0.1) is 0 Å². The molecule has 0 aliphatic heterocycles. The summed E-state index contributed by atoms with van der Waals surface area (Å²) < 4.78 is 5.48. The van der Waals surface area contributed by atoms with Gasteiger partial charge < -0.3 is 4.74 Å². The fourth-order valence-corrected chi connectivity index (χ4v) is 1.93. The van der Waals surface area contributed by atoms with Crippen LogP contribution in [0, 0.1) is 24.2 Å². The predicted octanol–water partition coefficient (Wildman–Crippen LogP) is 3.02. The molecule has 2 unspecified atom stereocenters. The zero-order valence-electron chi connectivity index (χ0n) is 9.16. The molecule has 0 saturated heterocycles. The molecule has 1 aliphatic carbocycles. The van der Waals surface area contributed by atoms with Gasteiger partial charge in [0, 0.05) is 5.92 Å². The topological polar surface area (TPSA) is 33.0 Å². The Balaban J connectivity index is 2.16. The Morgan fingerprint density at radius 1 is 1.53 bits per heavy atom. The third-order valence-electron chi connectivity index (χ3n) is 2.88. The molecule has 1 fully saturated rings. The Morgan fingerprint density at radius 3 is 2.87 bits per heavy atom. The SMILES string of the molecule is CCOc1ccc(C2CC2C#N)cc1C. The first-order valence-corrected chi connectivity index (χ1v) is 5.39. The van der Waals surface area contributed by atoms with Gasteiger partial charge in [0.25, 0.3) is 0 Å². The van der Waals surface area contributed by atoms with Crippen LogP contribution in [-0.4, -0.2) is 6.61 Å². The van der Waals surface area contributed by atoms with Gasteiger partial charge in [-0.3, -0.25) is 0 Å². The second kappa shape index (κ2) is 3.94. The molecule has 2 heteroatoms. The van der Waals surface area contributed by atoms with Gasteiger partial charge in [-0.05, 0) is 37.5 Å². The van der Waals surface area contributed by atoms with Crippen molar-refractivity contribution in [2.24, 2.45) is 5.92 Å². The van der Waals surface area contributed by atoms with Crippen molar-refractivity contribution >= 4 is 0 Å². The summed E-state index contributed by atoms with van der Waals surface area (Å²) in [5.74, 6) is 1.65. The maximum atomic E-state index is 8.77.